The van der Waals surface area contributed by atoms with E-state index in [4.69, 9.17) is 23.7 Å². The number of nitrogens with zero attached hydrogens (tertiary/aromatic N) is 1. The number of rotatable bonds is 7. The van der Waals surface area contributed by atoms with Gasteiger partial charge in [0.1, 0.15) is 17.3 Å². The number of amides is 2. The predicted molar refractivity (Wildman–Crippen MR) is 148 cm³/mol. The number of carbonyl (C=O) groups is 3. The van der Waals surface area contributed by atoms with Gasteiger partial charge in [0.15, 0.2) is 6.04 Å². The van der Waals surface area contributed by atoms with E-state index < -0.39 is 72.7 Å². The first-order valence-corrected chi connectivity index (χ1v) is 14.0. The molecule has 1 fully saturated rings. The number of aryl methyl sites for hydroxylation is 1. The number of alkyl halides is 3. The Bertz CT molecular complexity index is 1020. The van der Waals surface area contributed by atoms with Gasteiger partial charge in [-0.05, 0) is 73.8 Å². The Morgan fingerprint density at radius 1 is 0.952 bits per heavy atom. The molecule has 2 rings (SSSR count). The lowest BCUT2D eigenvalue weighted by Crippen LogP contribution is -2.54. The number of esters is 1. The maximum absolute atomic E-state index is 13.5. The third kappa shape index (κ3) is 12.2. The van der Waals surface area contributed by atoms with E-state index in [2.05, 4.69) is 0 Å². The summed E-state index contributed by atoms with van der Waals surface area (Å²) in [5.41, 5.74) is -0.0133. The average Bonchev–Trinajstić information content (AvgIpc) is 2.85. The summed E-state index contributed by atoms with van der Waals surface area (Å²) in [5.74, 6) is -1.41. The van der Waals surface area contributed by atoms with Crippen molar-refractivity contribution >= 4 is 18.2 Å². The monoisotopic (exact) mass is 603 g/mol. The van der Waals surface area contributed by atoms with Crippen LogP contribution in [0.25, 0.3) is 0 Å². The summed E-state index contributed by atoms with van der Waals surface area (Å²) in [4.78, 5) is 40.3. The van der Waals surface area contributed by atoms with Crippen molar-refractivity contribution in [3.8, 4) is 0 Å². The molecule has 0 bridgehead atoms. The van der Waals surface area contributed by atoms with E-state index in [1.807, 2.05) is 31.2 Å². The molecule has 0 unspecified atom stereocenters. The number of imide groups is 1. The lowest BCUT2D eigenvalue weighted by atomic mass is 9.91. The van der Waals surface area contributed by atoms with Crippen LogP contribution >= 0.6 is 0 Å². The number of benzene rings is 1. The molecule has 0 saturated carbocycles. The van der Waals surface area contributed by atoms with Gasteiger partial charge in [-0.1, -0.05) is 29.8 Å². The van der Waals surface area contributed by atoms with E-state index in [1.54, 1.807) is 48.5 Å². The van der Waals surface area contributed by atoms with Crippen molar-refractivity contribution in [1.82, 2.24) is 4.90 Å². The summed E-state index contributed by atoms with van der Waals surface area (Å²) < 4.78 is 66.6. The SMILES string of the molecule is Cc1ccc(C[C@H]2COC[C@H](N(C(=O)OC(C)(C)C)C(=O)OC(C)(C)C)C(=O)O[C@@H](C)[C@@H]2OCCCC(F)(F)F)cc1. The van der Waals surface area contributed by atoms with Crippen LogP contribution in [0, 0.1) is 12.8 Å². The van der Waals surface area contributed by atoms with Crippen molar-refractivity contribution < 1.29 is 51.2 Å². The van der Waals surface area contributed by atoms with E-state index in [1.165, 1.54) is 0 Å². The fraction of sp³-hybridized carbons (Fsp3) is 0.700. The van der Waals surface area contributed by atoms with Crippen molar-refractivity contribution in [2.75, 3.05) is 19.8 Å². The van der Waals surface area contributed by atoms with Gasteiger partial charge in [-0.2, -0.15) is 18.1 Å². The Labute approximate surface area is 245 Å². The van der Waals surface area contributed by atoms with Gasteiger partial charge in [-0.25, -0.2) is 14.4 Å². The lowest BCUT2D eigenvalue weighted by molar-refractivity contribution is -0.165. The highest BCUT2D eigenvalue weighted by Gasteiger charge is 2.44. The molecular weight excluding hydrogens is 559 g/mol. The van der Waals surface area contributed by atoms with Gasteiger partial charge in [0.05, 0.1) is 19.3 Å². The molecule has 238 valence electrons. The fourth-order valence-electron chi connectivity index (χ4n) is 4.30. The zero-order valence-corrected chi connectivity index (χ0v) is 25.7. The number of hydrogen-bond donors (Lipinski definition) is 0. The zero-order chi connectivity index (χ0) is 31.9. The predicted octanol–water partition coefficient (Wildman–Crippen LogP) is 6.38. The standard InChI is InChI=1S/C30H44F3NO8/c1-19-10-12-21(13-11-19)16-22-17-38-18-23(25(35)40-20(2)24(22)39-15-9-14-30(31,32)33)34(26(36)41-28(3,4)5)27(37)42-29(6,7)8/h10-13,20,22-24H,9,14-18H2,1-8H3/t20-,22-,23-,24-/m0/s1. The van der Waals surface area contributed by atoms with Crippen LogP contribution in [0.2, 0.25) is 0 Å². The molecule has 1 aromatic rings. The summed E-state index contributed by atoms with van der Waals surface area (Å²) in [5, 5.41) is 0. The van der Waals surface area contributed by atoms with Crippen LogP contribution in [0.4, 0.5) is 22.8 Å². The number of carbonyl (C=O) groups excluding carboxylic acids is 3. The number of halogens is 3. The molecule has 1 heterocycles. The molecule has 1 saturated heterocycles. The van der Waals surface area contributed by atoms with Crippen LogP contribution in [-0.4, -0.2) is 78.5 Å². The molecule has 0 spiro atoms. The Morgan fingerprint density at radius 2 is 1.50 bits per heavy atom. The second kappa shape index (κ2) is 14.5. The van der Waals surface area contributed by atoms with Crippen LogP contribution in [0.3, 0.4) is 0 Å². The molecule has 1 aromatic carbocycles. The first-order chi connectivity index (χ1) is 19.3. The molecule has 9 nitrogen and oxygen atoms in total. The lowest BCUT2D eigenvalue weighted by Gasteiger charge is -2.33. The van der Waals surface area contributed by atoms with Gasteiger partial charge in [-0.15, -0.1) is 0 Å². The van der Waals surface area contributed by atoms with Gasteiger partial charge in [0.2, 0.25) is 0 Å². The Balaban J connectivity index is 2.38. The molecule has 12 heteroatoms. The summed E-state index contributed by atoms with van der Waals surface area (Å²) in [7, 11) is 0. The Kier molecular flexibility index (Phi) is 12.2. The van der Waals surface area contributed by atoms with Crippen LogP contribution < -0.4 is 0 Å². The molecule has 0 aromatic heterocycles. The van der Waals surface area contributed by atoms with Crippen LogP contribution in [-0.2, 0) is 34.9 Å². The first-order valence-electron chi connectivity index (χ1n) is 14.0. The minimum absolute atomic E-state index is 0.00573. The second-order valence-electron chi connectivity index (χ2n) is 12.5. The van der Waals surface area contributed by atoms with Gasteiger partial charge >= 0.3 is 24.3 Å². The zero-order valence-electron chi connectivity index (χ0n) is 25.7. The van der Waals surface area contributed by atoms with Gasteiger partial charge in [-0.3, -0.25) is 0 Å². The number of cyclic esters (lactones) is 1. The Morgan fingerprint density at radius 3 is 2.00 bits per heavy atom. The summed E-state index contributed by atoms with van der Waals surface area (Å²) in [6.07, 6.45) is -9.23. The third-order valence-corrected chi connectivity index (χ3v) is 6.13. The van der Waals surface area contributed by atoms with Gasteiger partial charge < -0.3 is 23.7 Å². The van der Waals surface area contributed by atoms with Gasteiger partial charge in [0.25, 0.3) is 0 Å². The highest BCUT2D eigenvalue weighted by Crippen LogP contribution is 2.27. The molecule has 0 radical (unpaired) electrons. The second-order valence-corrected chi connectivity index (χ2v) is 12.5. The Hall–Kier alpha value is -2.86. The molecular formula is C30H44F3NO8. The van der Waals surface area contributed by atoms with Gasteiger partial charge in [0, 0.05) is 18.9 Å². The molecule has 4 atom stereocenters. The van der Waals surface area contributed by atoms with E-state index >= 15 is 0 Å². The van der Waals surface area contributed by atoms with Crippen LogP contribution in [0.1, 0.15) is 72.4 Å². The fourth-order valence-corrected chi connectivity index (χ4v) is 4.30. The average molecular weight is 604 g/mol. The molecule has 0 N–H and O–H groups in total. The van der Waals surface area contributed by atoms with E-state index in [-0.39, 0.29) is 19.6 Å². The van der Waals surface area contributed by atoms with Crippen molar-refractivity contribution in [3.05, 3.63) is 35.4 Å². The van der Waals surface area contributed by atoms with Crippen molar-refractivity contribution in [2.45, 2.75) is 110 Å². The maximum atomic E-state index is 13.5. The number of ether oxygens (including phenoxy) is 5. The molecule has 42 heavy (non-hydrogen) atoms. The highest BCUT2D eigenvalue weighted by molar-refractivity contribution is 5.94. The number of hydrogen-bond acceptors (Lipinski definition) is 8. The van der Waals surface area contributed by atoms with Crippen LogP contribution in [0.5, 0.6) is 0 Å². The summed E-state index contributed by atoms with van der Waals surface area (Å²) in [6.45, 7) is 12.5. The van der Waals surface area contributed by atoms with Crippen molar-refractivity contribution in [2.24, 2.45) is 5.92 Å². The van der Waals surface area contributed by atoms with Crippen molar-refractivity contribution in [1.29, 1.82) is 0 Å². The summed E-state index contributed by atoms with van der Waals surface area (Å²) >= 11 is 0. The largest absolute Gasteiger partial charge is 0.458 e. The molecule has 1 aliphatic heterocycles. The molecule has 0 aliphatic carbocycles. The molecule has 1 aliphatic rings. The van der Waals surface area contributed by atoms with E-state index in [0.29, 0.717) is 11.3 Å². The summed E-state index contributed by atoms with van der Waals surface area (Å²) in [6, 6.07) is 6.16. The quantitative estimate of drug-likeness (QED) is 0.201. The maximum Gasteiger partial charge on any atom is 0.420 e. The van der Waals surface area contributed by atoms with E-state index in [0.717, 1.165) is 11.1 Å². The van der Waals surface area contributed by atoms with Crippen LogP contribution in [0.15, 0.2) is 24.3 Å². The third-order valence-electron chi connectivity index (χ3n) is 6.13. The topological polar surface area (TPSA) is 101 Å². The smallest absolute Gasteiger partial charge is 0.420 e. The molecule has 2 amide bonds. The van der Waals surface area contributed by atoms with Crippen molar-refractivity contribution in [3.63, 3.8) is 0 Å². The minimum atomic E-state index is -4.33. The van der Waals surface area contributed by atoms with E-state index in [9.17, 15) is 27.6 Å². The first kappa shape index (κ1) is 35.3. The normalized spacial score (nSPS) is 22.3. The highest BCUT2D eigenvalue weighted by atomic mass is 19.4. The minimum Gasteiger partial charge on any atom is -0.458 e.